The Balaban J connectivity index is 1.74. The van der Waals surface area contributed by atoms with E-state index in [0.717, 1.165) is 0 Å². The highest BCUT2D eigenvalue weighted by atomic mass is 16.1. The molecule has 1 aromatic heterocycles. The fourth-order valence-electron chi connectivity index (χ4n) is 2.35. The maximum absolute atomic E-state index is 12.4. The van der Waals surface area contributed by atoms with Gasteiger partial charge in [-0.25, -0.2) is 4.98 Å². The molecule has 0 saturated carbocycles. The van der Waals surface area contributed by atoms with E-state index in [1.54, 1.807) is 66.5 Å². The maximum Gasteiger partial charge on any atom is 0.255 e. The van der Waals surface area contributed by atoms with E-state index in [0.29, 0.717) is 28.2 Å². The lowest BCUT2D eigenvalue weighted by atomic mass is 10.1. The van der Waals surface area contributed by atoms with Crippen LogP contribution >= 0.6 is 0 Å². The number of carbonyl (C=O) groups is 2. The number of aryl methyl sites for hydroxylation is 1. The number of ketones is 1. The first kappa shape index (κ1) is 16.1. The SMILES string of the molecule is Cn1ccnc1C(=O)c1ccc(NC(=O)c2cccc(C#N)c2)cc1. The molecule has 3 aromatic rings. The average molecular weight is 330 g/mol. The predicted molar refractivity (Wildman–Crippen MR) is 92.2 cm³/mol. The zero-order chi connectivity index (χ0) is 17.8. The van der Waals surface area contributed by atoms with Gasteiger partial charge >= 0.3 is 0 Å². The summed E-state index contributed by atoms with van der Waals surface area (Å²) in [5.41, 5.74) is 1.86. The molecule has 0 bridgehead atoms. The van der Waals surface area contributed by atoms with Gasteiger partial charge in [-0.1, -0.05) is 6.07 Å². The summed E-state index contributed by atoms with van der Waals surface area (Å²) in [7, 11) is 1.75. The van der Waals surface area contributed by atoms with Crippen molar-refractivity contribution in [3.63, 3.8) is 0 Å². The summed E-state index contributed by atoms with van der Waals surface area (Å²) < 4.78 is 1.65. The zero-order valence-electron chi connectivity index (χ0n) is 13.4. The topological polar surface area (TPSA) is 87.8 Å². The number of hydrogen-bond acceptors (Lipinski definition) is 4. The highest BCUT2D eigenvalue weighted by molar-refractivity contribution is 6.07. The van der Waals surface area contributed by atoms with E-state index in [-0.39, 0.29) is 11.7 Å². The van der Waals surface area contributed by atoms with Gasteiger partial charge in [0, 0.05) is 36.3 Å². The van der Waals surface area contributed by atoms with Gasteiger partial charge in [-0.2, -0.15) is 5.26 Å². The van der Waals surface area contributed by atoms with Gasteiger partial charge in [0.1, 0.15) is 0 Å². The number of rotatable bonds is 4. The summed E-state index contributed by atoms with van der Waals surface area (Å²) >= 11 is 0. The lowest BCUT2D eigenvalue weighted by Crippen LogP contribution is -2.12. The number of nitriles is 1. The molecule has 0 unspecified atom stereocenters. The van der Waals surface area contributed by atoms with E-state index in [1.165, 1.54) is 6.07 Å². The molecule has 0 fully saturated rings. The number of nitrogens with zero attached hydrogens (tertiary/aromatic N) is 3. The molecule has 1 heterocycles. The third-order valence-corrected chi connectivity index (χ3v) is 3.68. The van der Waals surface area contributed by atoms with Crippen molar-refractivity contribution < 1.29 is 9.59 Å². The van der Waals surface area contributed by atoms with Crippen LogP contribution in [0.2, 0.25) is 0 Å². The minimum atomic E-state index is -0.319. The van der Waals surface area contributed by atoms with Crippen molar-refractivity contribution in [2.75, 3.05) is 5.32 Å². The number of carbonyl (C=O) groups excluding carboxylic acids is 2. The molecule has 6 heteroatoms. The fourth-order valence-corrected chi connectivity index (χ4v) is 2.35. The fraction of sp³-hybridized carbons (Fsp3) is 0.0526. The summed E-state index contributed by atoms with van der Waals surface area (Å²) in [4.78, 5) is 28.6. The van der Waals surface area contributed by atoms with Crippen LogP contribution in [0, 0.1) is 11.3 Å². The van der Waals surface area contributed by atoms with Crippen LogP contribution < -0.4 is 5.32 Å². The molecular formula is C19H14N4O2. The third-order valence-electron chi connectivity index (χ3n) is 3.68. The van der Waals surface area contributed by atoms with Gasteiger partial charge in [0.25, 0.3) is 5.91 Å². The van der Waals surface area contributed by atoms with Crippen molar-refractivity contribution in [2.45, 2.75) is 0 Å². The molecule has 122 valence electrons. The molecule has 0 saturated heterocycles. The Kier molecular flexibility index (Phi) is 4.40. The molecule has 1 amide bonds. The number of aromatic nitrogens is 2. The Morgan fingerprint density at radius 1 is 1.12 bits per heavy atom. The minimum absolute atomic E-state index is 0.188. The molecule has 0 radical (unpaired) electrons. The van der Waals surface area contributed by atoms with E-state index in [1.807, 2.05) is 6.07 Å². The molecule has 0 atom stereocenters. The van der Waals surface area contributed by atoms with Crippen LogP contribution in [0.4, 0.5) is 5.69 Å². The first-order chi connectivity index (χ1) is 12.1. The number of benzene rings is 2. The minimum Gasteiger partial charge on any atom is -0.331 e. The Morgan fingerprint density at radius 2 is 1.88 bits per heavy atom. The highest BCUT2D eigenvalue weighted by Gasteiger charge is 2.14. The third kappa shape index (κ3) is 3.46. The quantitative estimate of drug-likeness (QED) is 0.745. The van der Waals surface area contributed by atoms with Crippen LogP contribution in [0.3, 0.4) is 0 Å². The molecule has 6 nitrogen and oxygen atoms in total. The van der Waals surface area contributed by atoms with Crippen LogP contribution in [0.5, 0.6) is 0 Å². The first-order valence-electron chi connectivity index (χ1n) is 7.52. The molecule has 25 heavy (non-hydrogen) atoms. The second-order valence-electron chi connectivity index (χ2n) is 5.41. The van der Waals surface area contributed by atoms with Crippen molar-refractivity contribution in [3.8, 4) is 6.07 Å². The lowest BCUT2D eigenvalue weighted by Gasteiger charge is -2.07. The summed E-state index contributed by atoms with van der Waals surface area (Å²) in [6.07, 6.45) is 3.27. The van der Waals surface area contributed by atoms with E-state index in [4.69, 9.17) is 5.26 Å². The standard InChI is InChI=1S/C19H14N4O2/c1-23-10-9-21-18(23)17(24)14-5-7-16(8-6-14)22-19(25)15-4-2-3-13(11-15)12-20/h2-11H,1H3,(H,22,25). The molecule has 0 aliphatic carbocycles. The summed E-state index contributed by atoms with van der Waals surface area (Å²) in [5.74, 6) is -0.155. The normalized spacial score (nSPS) is 10.1. The first-order valence-corrected chi connectivity index (χ1v) is 7.52. The van der Waals surface area contributed by atoms with Crippen LogP contribution in [-0.4, -0.2) is 21.2 Å². The largest absolute Gasteiger partial charge is 0.331 e. The van der Waals surface area contributed by atoms with Gasteiger partial charge in [0.15, 0.2) is 5.82 Å². The summed E-state index contributed by atoms with van der Waals surface area (Å²) in [6.45, 7) is 0. The Morgan fingerprint density at radius 3 is 2.52 bits per heavy atom. The van der Waals surface area contributed by atoms with E-state index in [9.17, 15) is 9.59 Å². The second kappa shape index (κ2) is 6.81. The van der Waals surface area contributed by atoms with E-state index < -0.39 is 0 Å². The van der Waals surface area contributed by atoms with Crippen LogP contribution in [0.25, 0.3) is 0 Å². The Labute approximate surface area is 144 Å². The summed E-state index contributed by atoms with van der Waals surface area (Å²) in [6, 6.07) is 15.0. The molecule has 0 aliphatic rings. The smallest absolute Gasteiger partial charge is 0.255 e. The number of anilines is 1. The molecule has 3 rings (SSSR count). The molecule has 1 N–H and O–H groups in total. The predicted octanol–water partition coefficient (Wildman–Crippen LogP) is 2.78. The van der Waals surface area contributed by atoms with E-state index in [2.05, 4.69) is 10.3 Å². The van der Waals surface area contributed by atoms with Gasteiger partial charge in [0.2, 0.25) is 5.78 Å². The lowest BCUT2D eigenvalue weighted by molar-refractivity contribution is 0.102. The Hall–Kier alpha value is -3.72. The average Bonchev–Trinajstić information content (AvgIpc) is 3.07. The second-order valence-corrected chi connectivity index (χ2v) is 5.41. The van der Waals surface area contributed by atoms with Crippen LogP contribution in [0.15, 0.2) is 60.9 Å². The van der Waals surface area contributed by atoms with Crippen LogP contribution in [0.1, 0.15) is 32.1 Å². The molecule has 2 aromatic carbocycles. The maximum atomic E-state index is 12.4. The molecular weight excluding hydrogens is 316 g/mol. The van der Waals surface area contributed by atoms with Gasteiger partial charge < -0.3 is 9.88 Å². The van der Waals surface area contributed by atoms with Crippen LogP contribution in [-0.2, 0) is 7.05 Å². The summed E-state index contributed by atoms with van der Waals surface area (Å²) in [5, 5.41) is 11.6. The monoisotopic (exact) mass is 330 g/mol. The van der Waals surface area contributed by atoms with E-state index >= 15 is 0 Å². The Bertz CT molecular complexity index is 981. The number of nitrogens with one attached hydrogen (secondary N) is 1. The van der Waals surface area contributed by atoms with Crippen molar-refractivity contribution in [1.82, 2.24) is 9.55 Å². The van der Waals surface area contributed by atoms with Crippen molar-refractivity contribution in [1.29, 1.82) is 5.26 Å². The van der Waals surface area contributed by atoms with Crippen molar-refractivity contribution in [2.24, 2.45) is 7.05 Å². The van der Waals surface area contributed by atoms with Gasteiger partial charge in [-0.05, 0) is 42.5 Å². The van der Waals surface area contributed by atoms with Crippen molar-refractivity contribution in [3.05, 3.63) is 83.4 Å². The van der Waals surface area contributed by atoms with Crippen molar-refractivity contribution >= 4 is 17.4 Å². The molecule has 0 aliphatic heterocycles. The van der Waals surface area contributed by atoms with Gasteiger partial charge in [-0.15, -0.1) is 0 Å². The van der Waals surface area contributed by atoms with Gasteiger partial charge in [-0.3, -0.25) is 9.59 Å². The number of imidazole rings is 1. The number of amides is 1. The van der Waals surface area contributed by atoms with Gasteiger partial charge in [0.05, 0.1) is 11.6 Å². The highest BCUT2D eigenvalue weighted by Crippen LogP contribution is 2.14. The molecule has 0 spiro atoms. The number of hydrogen-bond donors (Lipinski definition) is 1. The zero-order valence-corrected chi connectivity index (χ0v) is 13.4.